The minimum atomic E-state index is -0.352. The van der Waals surface area contributed by atoms with Gasteiger partial charge < -0.3 is 5.11 Å². The molecule has 0 aromatic rings. The number of allylic oxidation sites excluding steroid dienone is 2. The molecule has 0 aliphatic heterocycles. The van der Waals surface area contributed by atoms with Crippen LogP contribution in [0.1, 0.15) is 59.8 Å². The molecule has 3 rings (SSSR count). The molecule has 0 spiro atoms. The van der Waals surface area contributed by atoms with Crippen LogP contribution >= 0.6 is 0 Å². The minimum absolute atomic E-state index is 0.0557. The van der Waals surface area contributed by atoms with E-state index in [2.05, 4.69) is 34.3 Å². The van der Waals surface area contributed by atoms with Crippen molar-refractivity contribution in [3.05, 3.63) is 24.3 Å². The van der Waals surface area contributed by atoms with Crippen molar-refractivity contribution in [3.8, 4) is 0 Å². The summed E-state index contributed by atoms with van der Waals surface area (Å²) in [6.45, 7) is 12.9. The van der Waals surface area contributed by atoms with Crippen LogP contribution in [0.15, 0.2) is 24.3 Å². The molecule has 1 N–H and O–H groups in total. The van der Waals surface area contributed by atoms with Crippen LogP contribution in [0.4, 0.5) is 0 Å². The van der Waals surface area contributed by atoms with Crippen LogP contribution in [-0.2, 0) is 4.79 Å². The first-order valence-electron chi connectivity index (χ1n) is 8.69. The standard InChI is InChI=1S/C20H30O2/c1-6-18(3)11-14-7-8-19(4)13(2)9-15(21)10-16(19)20(14,5)12-17(18)22/h6,9,14,16-17,22H,1,7-8,10-12H2,2-5H3/t14?,16?,17?,18-,19+,20+/m0/s1. The largest absolute Gasteiger partial charge is 0.392 e. The molecule has 0 heterocycles. The average molecular weight is 302 g/mol. The van der Waals surface area contributed by atoms with Gasteiger partial charge in [0.2, 0.25) is 0 Å². The molecular formula is C20H30O2. The number of carbonyl (C=O) groups excluding carboxylic acids is 1. The molecule has 0 aromatic heterocycles. The number of aliphatic hydroxyl groups excluding tert-OH is 1. The van der Waals surface area contributed by atoms with E-state index in [1.54, 1.807) is 0 Å². The van der Waals surface area contributed by atoms with Gasteiger partial charge in [-0.15, -0.1) is 6.58 Å². The summed E-state index contributed by atoms with van der Waals surface area (Å²) in [7, 11) is 0. The van der Waals surface area contributed by atoms with Crippen LogP contribution in [0.3, 0.4) is 0 Å². The summed E-state index contributed by atoms with van der Waals surface area (Å²) in [5, 5.41) is 10.8. The van der Waals surface area contributed by atoms with Crippen molar-refractivity contribution in [2.75, 3.05) is 0 Å². The third-order valence-corrected chi connectivity index (χ3v) is 7.74. The SMILES string of the molecule is C=C[C@@]1(C)CC2CC[C@]3(C)C(C)=CC(=O)CC3[C@]2(C)CC1O. The lowest BCUT2D eigenvalue weighted by atomic mass is 9.42. The van der Waals surface area contributed by atoms with E-state index < -0.39 is 0 Å². The lowest BCUT2D eigenvalue weighted by Crippen LogP contribution is -2.57. The topological polar surface area (TPSA) is 37.3 Å². The zero-order valence-corrected chi connectivity index (χ0v) is 14.5. The van der Waals surface area contributed by atoms with Crippen LogP contribution in [-0.4, -0.2) is 17.0 Å². The molecule has 22 heavy (non-hydrogen) atoms. The Hall–Kier alpha value is -0.890. The highest BCUT2D eigenvalue weighted by Crippen LogP contribution is 2.65. The quantitative estimate of drug-likeness (QED) is 0.734. The molecule has 2 heteroatoms. The van der Waals surface area contributed by atoms with E-state index in [0.29, 0.717) is 18.3 Å². The highest BCUT2D eigenvalue weighted by molar-refractivity contribution is 5.92. The van der Waals surface area contributed by atoms with E-state index in [1.807, 2.05) is 12.2 Å². The minimum Gasteiger partial charge on any atom is -0.392 e. The van der Waals surface area contributed by atoms with E-state index in [4.69, 9.17) is 0 Å². The first kappa shape index (κ1) is 16.0. The van der Waals surface area contributed by atoms with Crippen molar-refractivity contribution in [1.29, 1.82) is 0 Å². The highest BCUT2D eigenvalue weighted by Gasteiger charge is 2.60. The Labute approximate surface area is 134 Å². The van der Waals surface area contributed by atoms with Crippen LogP contribution < -0.4 is 0 Å². The second-order valence-electron chi connectivity index (χ2n) is 8.84. The zero-order valence-electron chi connectivity index (χ0n) is 14.5. The van der Waals surface area contributed by atoms with Gasteiger partial charge in [-0.2, -0.15) is 0 Å². The fourth-order valence-corrected chi connectivity index (χ4v) is 5.77. The molecule has 2 saturated carbocycles. The number of hydrogen-bond donors (Lipinski definition) is 1. The molecule has 3 aliphatic rings. The van der Waals surface area contributed by atoms with Gasteiger partial charge in [0.15, 0.2) is 5.78 Å². The van der Waals surface area contributed by atoms with Gasteiger partial charge in [-0.3, -0.25) is 4.79 Å². The van der Waals surface area contributed by atoms with Crippen molar-refractivity contribution in [1.82, 2.24) is 0 Å². The molecule has 0 amide bonds. The molecule has 122 valence electrons. The Balaban J connectivity index is 2.01. The summed E-state index contributed by atoms with van der Waals surface area (Å²) in [5.41, 5.74) is 1.25. The Morgan fingerprint density at radius 2 is 2.00 bits per heavy atom. The first-order valence-corrected chi connectivity index (χ1v) is 8.69. The summed E-state index contributed by atoms with van der Waals surface area (Å²) in [4.78, 5) is 12.2. The van der Waals surface area contributed by atoms with Crippen molar-refractivity contribution in [3.63, 3.8) is 0 Å². The third-order valence-electron chi connectivity index (χ3n) is 7.74. The predicted octanol–water partition coefficient (Wildman–Crippen LogP) is 4.29. The Kier molecular flexibility index (Phi) is 3.49. The smallest absolute Gasteiger partial charge is 0.155 e. The second kappa shape index (κ2) is 4.80. The maximum Gasteiger partial charge on any atom is 0.155 e. The van der Waals surface area contributed by atoms with Gasteiger partial charge in [-0.25, -0.2) is 0 Å². The van der Waals surface area contributed by atoms with Gasteiger partial charge in [-0.1, -0.05) is 32.4 Å². The highest BCUT2D eigenvalue weighted by atomic mass is 16.3. The fourth-order valence-electron chi connectivity index (χ4n) is 5.77. The van der Waals surface area contributed by atoms with E-state index in [0.717, 1.165) is 19.3 Å². The molecule has 6 atom stereocenters. The zero-order chi connectivity index (χ0) is 16.3. The predicted molar refractivity (Wildman–Crippen MR) is 89.4 cm³/mol. The maximum absolute atomic E-state index is 12.2. The summed E-state index contributed by atoms with van der Waals surface area (Å²) < 4.78 is 0. The van der Waals surface area contributed by atoms with E-state index in [9.17, 15) is 9.90 Å². The van der Waals surface area contributed by atoms with Gasteiger partial charge in [0, 0.05) is 11.8 Å². The Morgan fingerprint density at radius 1 is 1.32 bits per heavy atom. The van der Waals surface area contributed by atoms with Crippen LogP contribution in [0.2, 0.25) is 0 Å². The van der Waals surface area contributed by atoms with Gasteiger partial charge >= 0.3 is 0 Å². The monoisotopic (exact) mass is 302 g/mol. The van der Waals surface area contributed by atoms with Crippen LogP contribution in [0, 0.1) is 28.1 Å². The van der Waals surface area contributed by atoms with E-state index in [1.165, 1.54) is 12.0 Å². The number of fused-ring (bicyclic) bond motifs is 3. The van der Waals surface area contributed by atoms with Crippen LogP contribution in [0.25, 0.3) is 0 Å². The summed E-state index contributed by atoms with van der Waals surface area (Å²) in [6.07, 6.45) is 8.26. The number of aliphatic hydroxyl groups is 1. The first-order chi connectivity index (χ1) is 10.2. The molecule has 0 radical (unpaired) electrons. The molecule has 0 aromatic carbocycles. The van der Waals surface area contributed by atoms with E-state index >= 15 is 0 Å². The Morgan fingerprint density at radius 3 is 2.64 bits per heavy atom. The lowest BCUT2D eigenvalue weighted by Gasteiger charge is -2.62. The number of ketones is 1. The fraction of sp³-hybridized carbons (Fsp3) is 0.750. The van der Waals surface area contributed by atoms with Gasteiger partial charge in [0.05, 0.1) is 6.10 Å². The van der Waals surface area contributed by atoms with Gasteiger partial charge in [0.1, 0.15) is 0 Å². The van der Waals surface area contributed by atoms with Crippen molar-refractivity contribution < 1.29 is 9.90 Å². The van der Waals surface area contributed by atoms with Crippen LogP contribution in [0.5, 0.6) is 0 Å². The molecule has 3 unspecified atom stereocenters. The summed E-state index contributed by atoms with van der Waals surface area (Å²) >= 11 is 0. The van der Waals surface area contributed by atoms with Gasteiger partial charge in [-0.05, 0) is 61.3 Å². The normalized spacial score (nSPS) is 51.6. The number of rotatable bonds is 1. The second-order valence-corrected chi connectivity index (χ2v) is 8.84. The van der Waals surface area contributed by atoms with Crippen molar-refractivity contribution in [2.45, 2.75) is 65.9 Å². The molecule has 2 nitrogen and oxygen atoms in total. The summed E-state index contributed by atoms with van der Waals surface area (Å²) in [6, 6.07) is 0. The number of hydrogen-bond acceptors (Lipinski definition) is 2. The number of carbonyl (C=O) groups is 1. The lowest BCUT2D eigenvalue weighted by molar-refractivity contribution is -0.147. The average Bonchev–Trinajstić information content (AvgIpc) is 2.44. The van der Waals surface area contributed by atoms with Crippen molar-refractivity contribution in [2.24, 2.45) is 28.1 Å². The molecule has 2 fully saturated rings. The summed E-state index contributed by atoms with van der Waals surface area (Å²) in [5.74, 6) is 1.21. The molecule has 3 aliphatic carbocycles. The Bertz CT molecular complexity index is 548. The van der Waals surface area contributed by atoms with E-state index in [-0.39, 0.29) is 28.1 Å². The molecule has 0 bridgehead atoms. The van der Waals surface area contributed by atoms with Gasteiger partial charge in [0.25, 0.3) is 0 Å². The third kappa shape index (κ3) is 1.99. The molecular weight excluding hydrogens is 272 g/mol. The maximum atomic E-state index is 12.2. The van der Waals surface area contributed by atoms with Crippen molar-refractivity contribution >= 4 is 5.78 Å². The molecule has 0 saturated heterocycles.